The SMILES string of the molecule is CC(C)(C)C(N)C(=O)N1CCC[C@@H]1C(=O)Nc1nc2ccc(OC(F)(F)F)cc2s1. The van der Waals surface area contributed by atoms with Crippen LogP contribution in [-0.4, -0.2) is 46.7 Å². The molecule has 7 nitrogen and oxygen atoms in total. The Morgan fingerprint density at radius 2 is 2.03 bits per heavy atom. The van der Waals surface area contributed by atoms with Crippen molar-refractivity contribution < 1.29 is 27.5 Å². The van der Waals surface area contributed by atoms with Crippen LogP contribution in [0.3, 0.4) is 0 Å². The number of fused-ring (bicyclic) bond motifs is 1. The lowest BCUT2D eigenvalue weighted by Gasteiger charge is -2.32. The van der Waals surface area contributed by atoms with Crippen LogP contribution in [0.15, 0.2) is 18.2 Å². The average Bonchev–Trinajstić information content (AvgIpc) is 3.24. The summed E-state index contributed by atoms with van der Waals surface area (Å²) in [5.41, 5.74) is 6.06. The van der Waals surface area contributed by atoms with Crippen molar-refractivity contribution in [3.63, 3.8) is 0 Å². The first kappa shape index (κ1) is 22.3. The molecule has 1 aliphatic heterocycles. The number of hydrogen-bond donors (Lipinski definition) is 2. The number of rotatable bonds is 4. The highest BCUT2D eigenvalue weighted by Crippen LogP contribution is 2.32. The number of nitrogens with one attached hydrogen (secondary N) is 1. The molecular weight excluding hydrogens is 421 g/mol. The summed E-state index contributed by atoms with van der Waals surface area (Å²) in [6.07, 6.45) is -3.61. The van der Waals surface area contributed by atoms with Crippen LogP contribution in [0.25, 0.3) is 10.2 Å². The maximum Gasteiger partial charge on any atom is 0.573 e. The number of likely N-dealkylation sites (tertiary alicyclic amines) is 1. The molecule has 0 saturated carbocycles. The summed E-state index contributed by atoms with van der Waals surface area (Å²) < 4.78 is 41.5. The third kappa shape index (κ3) is 5.01. The van der Waals surface area contributed by atoms with Crippen molar-refractivity contribution in [2.24, 2.45) is 11.1 Å². The molecule has 0 radical (unpaired) electrons. The molecule has 0 bridgehead atoms. The molecule has 1 aromatic heterocycles. The van der Waals surface area contributed by atoms with Gasteiger partial charge in [0.15, 0.2) is 5.13 Å². The monoisotopic (exact) mass is 444 g/mol. The van der Waals surface area contributed by atoms with Crippen molar-refractivity contribution in [2.45, 2.75) is 52.1 Å². The van der Waals surface area contributed by atoms with E-state index in [-0.39, 0.29) is 16.8 Å². The van der Waals surface area contributed by atoms with E-state index in [2.05, 4.69) is 15.0 Å². The lowest BCUT2D eigenvalue weighted by Crippen LogP contribution is -2.54. The molecule has 2 atom stereocenters. The third-order valence-electron chi connectivity index (χ3n) is 4.86. The molecule has 0 aliphatic carbocycles. The maximum absolute atomic E-state index is 12.8. The maximum atomic E-state index is 12.8. The number of nitrogens with zero attached hydrogens (tertiary/aromatic N) is 2. The van der Waals surface area contributed by atoms with E-state index in [1.54, 1.807) is 0 Å². The lowest BCUT2D eigenvalue weighted by molar-refractivity contribution is -0.274. The molecule has 1 saturated heterocycles. The van der Waals surface area contributed by atoms with Crippen LogP contribution < -0.4 is 15.8 Å². The van der Waals surface area contributed by atoms with Gasteiger partial charge in [-0.05, 0) is 30.4 Å². The number of anilines is 1. The molecule has 1 aromatic carbocycles. The molecule has 30 heavy (non-hydrogen) atoms. The zero-order valence-corrected chi connectivity index (χ0v) is 17.6. The predicted octanol–water partition coefficient (Wildman–Crippen LogP) is 3.50. The van der Waals surface area contributed by atoms with E-state index < -0.39 is 29.8 Å². The van der Waals surface area contributed by atoms with Crippen molar-refractivity contribution >= 4 is 38.5 Å². The van der Waals surface area contributed by atoms with Gasteiger partial charge in [-0.3, -0.25) is 9.59 Å². The lowest BCUT2D eigenvalue weighted by atomic mass is 9.86. The Kier molecular flexibility index (Phi) is 5.96. The van der Waals surface area contributed by atoms with Gasteiger partial charge in [0.25, 0.3) is 0 Å². The van der Waals surface area contributed by atoms with Gasteiger partial charge in [-0.1, -0.05) is 32.1 Å². The smallest absolute Gasteiger partial charge is 0.406 e. The Hall–Kier alpha value is -2.40. The first-order valence-corrected chi connectivity index (χ1v) is 10.2. The van der Waals surface area contributed by atoms with Crippen molar-refractivity contribution in [1.29, 1.82) is 0 Å². The number of thiazole rings is 1. The van der Waals surface area contributed by atoms with Gasteiger partial charge in [-0.25, -0.2) is 4.98 Å². The average molecular weight is 444 g/mol. The minimum absolute atomic E-state index is 0.235. The normalized spacial score (nSPS) is 18.5. The van der Waals surface area contributed by atoms with Gasteiger partial charge >= 0.3 is 6.36 Å². The van der Waals surface area contributed by atoms with Gasteiger partial charge in [0.05, 0.1) is 16.3 Å². The Morgan fingerprint density at radius 3 is 2.67 bits per heavy atom. The van der Waals surface area contributed by atoms with E-state index in [1.807, 2.05) is 20.8 Å². The molecule has 164 valence electrons. The highest BCUT2D eigenvalue weighted by atomic mass is 32.1. The minimum Gasteiger partial charge on any atom is -0.406 e. The molecular formula is C19H23F3N4O3S. The topological polar surface area (TPSA) is 97.6 Å². The van der Waals surface area contributed by atoms with Crippen LogP contribution in [0.2, 0.25) is 0 Å². The van der Waals surface area contributed by atoms with Crippen LogP contribution in [0.1, 0.15) is 33.6 Å². The molecule has 0 spiro atoms. The molecule has 1 aliphatic rings. The Labute approximate surface area is 175 Å². The number of amides is 2. The third-order valence-corrected chi connectivity index (χ3v) is 5.79. The van der Waals surface area contributed by atoms with Gasteiger partial charge in [0.1, 0.15) is 11.8 Å². The fourth-order valence-corrected chi connectivity index (χ4v) is 4.09. The fraction of sp³-hybridized carbons (Fsp3) is 0.526. The molecule has 11 heteroatoms. The predicted molar refractivity (Wildman–Crippen MR) is 107 cm³/mol. The van der Waals surface area contributed by atoms with Crippen LogP contribution in [0.5, 0.6) is 5.75 Å². The zero-order chi connectivity index (χ0) is 22.3. The number of nitrogens with two attached hydrogens (primary N) is 1. The number of halogens is 3. The van der Waals surface area contributed by atoms with Crippen LogP contribution >= 0.6 is 11.3 Å². The number of benzene rings is 1. The highest BCUT2D eigenvalue weighted by Gasteiger charge is 2.39. The zero-order valence-electron chi connectivity index (χ0n) is 16.7. The molecule has 2 heterocycles. The van der Waals surface area contributed by atoms with Gasteiger partial charge in [-0.15, -0.1) is 13.2 Å². The fourth-order valence-electron chi connectivity index (χ4n) is 3.20. The molecule has 2 amide bonds. The Morgan fingerprint density at radius 1 is 1.33 bits per heavy atom. The Bertz CT molecular complexity index is 955. The number of ether oxygens (including phenoxy) is 1. The minimum atomic E-state index is -4.79. The second-order valence-corrected chi connectivity index (χ2v) is 9.25. The Balaban J connectivity index is 1.73. The summed E-state index contributed by atoms with van der Waals surface area (Å²) in [7, 11) is 0. The second-order valence-electron chi connectivity index (χ2n) is 8.22. The molecule has 3 rings (SSSR count). The summed E-state index contributed by atoms with van der Waals surface area (Å²) in [5, 5.41) is 2.91. The standard InChI is InChI=1S/C19H23F3N4O3S/c1-18(2,3)14(23)16(28)26-8-4-5-12(26)15(27)25-17-24-11-7-6-10(9-13(11)30-17)29-19(20,21)22/h6-7,9,12,14H,4-5,8,23H2,1-3H3,(H,24,25,27)/t12-,14?/m1/s1. The van der Waals surface area contributed by atoms with Crippen molar-refractivity contribution in [1.82, 2.24) is 9.88 Å². The first-order valence-electron chi connectivity index (χ1n) is 9.38. The van der Waals surface area contributed by atoms with Crippen LogP contribution in [0, 0.1) is 5.41 Å². The van der Waals surface area contributed by atoms with E-state index in [0.29, 0.717) is 29.6 Å². The first-order chi connectivity index (χ1) is 13.8. The molecule has 3 N–H and O–H groups in total. The van der Waals surface area contributed by atoms with E-state index in [1.165, 1.54) is 17.0 Å². The van der Waals surface area contributed by atoms with Gasteiger partial charge in [-0.2, -0.15) is 0 Å². The van der Waals surface area contributed by atoms with Crippen molar-refractivity contribution in [3.8, 4) is 5.75 Å². The van der Waals surface area contributed by atoms with E-state index in [4.69, 9.17) is 5.73 Å². The summed E-state index contributed by atoms with van der Waals surface area (Å²) in [6, 6.07) is 2.36. The van der Waals surface area contributed by atoms with Gasteiger partial charge in [0.2, 0.25) is 11.8 Å². The van der Waals surface area contributed by atoms with E-state index >= 15 is 0 Å². The quantitative estimate of drug-likeness (QED) is 0.752. The summed E-state index contributed by atoms with van der Waals surface area (Å²) in [4.78, 5) is 31.3. The number of carbonyl (C=O) groups excluding carboxylic acids is 2. The second kappa shape index (κ2) is 8.03. The van der Waals surface area contributed by atoms with Gasteiger partial charge < -0.3 is 20.7 Å². The van der Waals surface area contributed by atoms with Crippen molar-refractivity contribution in [2.75, 3.05) is 11.9 Å². The number of alkyl halides is 3. The van der Waals surface area contributed by atoms with E-state index in [9.17, 15) is 22.8 Å². The molecule has 2 aromatic rings. The number of aromatic nitrogens is 1. The molecule has 1 unspecified atom stereocenters. The molecule has 1 fully saturated rings. The number of carbonyl (C=O) groups is 2. The van der Waals surface area contributed by atoms with Gasteiger partial charge in [0, 0.05) is 12.6 Å². The largest absolute Gasteiger partial charge is 0.573 e. The highest BCUT2D eigenvalue weighted by molar-refractivity contribution is 7.22. The summed E-state index contributed by atoms with van der Waals surface area (Å²) >= 11 is 1.03. The summed E-state index contributed by atoms with van der Waals surface area (Å²) in [5.74, 6) is -1.04. The van der Waals surface area contributed by atoms with E-state index in [0.717, 1.165) is 17.4 Å². The summed E-state index contributed by atoms with van der Waals surface area (Å²) in [6.45, 7) is 6.02. The van der Waals surface area contributed by atoms with Crippen molar-refractivity contribution in [3.05, 3.63) is 18.2 Å². The van der Waals surface area contributed by atoms with Crippen LogP contribution in [0.4, 0.5) is 18.3 Å². The van der Waals surface area contributed by atoms with Crippen LogP contribution in [-0.2, 0) is 9.59 Å². The number of hydrogen-bond acceptors (Lipinski definition) is 6.